The standard InChI is InChI=1S/C43H43N5O/c1-42(2,3)31-15-17-44-40(21-31)48-37-11-5-4-10-35(37)36-14-13-34(23-39(36)48)49-33-9-6-8-32(22-33)46-27-47(41-38(46)12-7-16-45-41)43-24-28-18-29(25-43)20-30(19-28)26-43/h4-17,21-23,28-30H,18-20,24-27H2,1-3H3. The van der Waals surface area contributed by atoms with E-state index in [-0.39, 0.29) is 11.0 Å². The van der Waals surface area contributed by atoms with E-state index in [2.05, 4.69) is 126 Å². The number of pyridine rings is 2. The van der Waals surface area contributed by atoms with Crippen LogP contribution in [-0.4, -0.2) is 26.7 Å². The van der Waals surface area contributed by atoms with Gasteiger partial charge in [-0.25, -0.2) is 9.97 Å². The van der Waals surface area contributed by atoms with Crippen LogP contribution < -0.4 is 14.5 Å². The topological polar surface area (TPSA) is 46.4 Å². The van der Waals surface area contributed by atoms with Crippen molar-refractivity contribution in [3.8, 4) is 17.3 Å². The molecule has 4 bridgehead atoms. The highest BCUT2D eigenvalue weighted by molar-refractivity contribution is 6.09. The summed E-state index contributed by atoms with van der Waals surface area (Å²) < 4.78 is 8.95. The first-order valence-electron chi connectivity index (χ1n) is 18.1. The van der Waals surface area contributed by atoms with Crippen molar-refractivity contribution < 1.29 is 4.74 Å². The third-order valence-electron chi connectivity index (χ3n) is 12.0. The van der Waals surface area contributed by atoms with Crippen LogP contribution in [0.3, 0.4) is 0 Å². The monoisotopic (exact) mass is 645 g/mol. The Hall–Kier alpha value is -4.84. The third kappa shape index (κ3) is 4.67. The summed E-state index contributed by atoms with van der Waals surface area (Å²) in [4.78, 5) is 15.0. The third-order valence-corrected chi connectivity index (χ3v) is 12.0. The molecule has 0 amide bonds. The summed E-state index contributed by atoms with van der Waals surface area (Å²) in [6.45, 7) is 7.58. The largest absolute Gasteiger partial charge is 0.457 e. The van der Waals surface area contributed by atoms with Crippen molar-refractivity contribution in [3.63, 3.8) is 0 Å². The summed E-state index contributed by atoms with van der Waals surface area (Å²) in [6.07, 6.45) is 12.2. The van der Waals surface area contributed by atoms with Crippen LogP contribution in [0.15, 0.2) is 103 Å². The van der Waals surface area contributed by atoms with Crippen molar-refractivity contribution in [2.45, 2.75) is 70.3 Å². The van der Waals surface area contributed by atoms with Crippen LogP contribution in [0.4, 0.5) is 17.2 Å². The number of hydrogen-bond donors (Lipinski definition) is 0. The molecule has 6 heteroatoms. The molecule has 0 atom stereocenters. The minimum absolute atomic E-state index is 0.0218. The lowest BCUT2D eigenvalue weighted by Crippen LogP contribution is -2.60. The second kappa shape index (κ2) is 10.6. The van der Waals surface area contributed by atoms with Crippen LogP contribution in [-0.2, 0) is 5.41 Å². The van der Waals surface area contributed by atoms with E-state index in [0.717, 1.165) is 64.3 Å². The van der Waals surface area contributed by atoms with Crippen LogP contribution in [0.2, 0.25) is 0 Å². The molecular formula is C43H43N5O. The van der Waals surface area contributed by atoms with Gasteiger partial charge in [-0.15, -0.1) is 0 Å². The van der Waals surface area contributed by atoms with Crippen LogP contribution in [0.1, 0.15) is 64.9 Å². The molecule has 0 saturated heterocycles. The van der Waals surface area contributed by atoms with E-state index in [1.807, 2.05) is 12.4 Å². The molecule has 3 aromatic heterocycles. The predicted molar refractivity (Wildman–Crippen MR) is 198 cm³/mol. The van der Waals surface area contributed by atoms with Gasteiger partial charge in [0.1, 0.15) is 17.3 Å². The Morgan fingerprint density at radius 2 is 1.45 bits per heavy atom. The molecule has 0 radical (unpaired) electrons. The van der Waals surface area contributed by atoms with E-state index in [9.17, 15) is 0 Å². The first-order valence-corrected chi connectivity index (χ1v) is 18.1. The SMILES string of the molecule is CC(C)(C)c1ccnc(-n2c3ccccc3c3ccc(Oc4cccc(N5CN(C67CC8CC(CC(C8)C6)C7)c6ncccc65)c4)cc32)c1. The van der Waals surface area contributed by atoms with Crippen LogP contribution in [0.25, 0.3) is 27.6 Å². The van der Waals surface area contributed by atoms with Gasteiger partial charge in [-0.2, -0.15) is 0 Å². The van der Waals surface area contributed by atoms with Crippen molar-refractivity contribution in [2.24, 2.45) is 17.8 Å². The molecule has 4 aliphatic carbocycles. The number of ether oxygens (including phenoxy) is 1. The zero-order valence-corrected chi connectivity index (χ0v) is 28.6. The molecule has 49 heavy (non-hydrogen) atoms. The van der Waals surface area contributed by atoms with Crippen molar-refractivity contribution in [1.29, 1.82) is 0 Å². The number of rotatable bonds is 5. The van der Waals surface area contributed by atoms with Crippen molar-refractivity contribution in [1.82, 2.24) is 14.5 Å². The number of benzene rings is 3. The van der Waals surface area contributed by atoms with E-state index in [0.29, 0.717) is 0 Å². The maximum atomic E-state index is 6.68. The molecule has 4 heterocycles. The molecule has 246 valence electrons. The molecule has 4 fully saturated rings. The van der Waals surface area contributed by atoms with Gasteiger partial charge in [0.15, 0.2) is 5.82 Å². The fourth-order valence-electron chi connectivity index (χ4n) is 10.2. The Morgan fingerprint density at radius 1 is 0.694 bits per heavy atom. The van der Waals surface area contributed by atoms with Gasteiger partial charge in [-0.3, -0.25) is 4.57 Å². The molecule has 0 N–H and O–H groups in total. The summed E-state index contributed by atoms with van der Waals surface area (Å²) in [6, 6.07) is 32.3. The minimum Gasteiger partial charge on any atom is -0.457 e. The average molecular weight is 646 g/mol. The molecule has 0 spiro atoms. The fourth-order valence-corrected chi connectivity index (χ4v) is 10.2. The molecule has 0 unspecified atom stereocenters. The van der Waals surface area contributed by atoms with Crippen molar-refractivity contribution >= 4 is 39.0 Å². The number of fused-ring (bicyclic) bond motifs is 4. The predicted octanol–water partition coefficient (Wildman–Crippen LogP) is 10.5. The van der Waals surface area contributed by atoms with Gasteiger partial charge in [-0.05, 0) is 122 Å². The van der Waals surface area contributed by atoms with Crippen LogP contribution in [0, 0.1) is 17.8 Å². The Kier molecular flexibility index (Phi) is 6.28. The summed E-state index contributed by atoms with van der Waals surface area (Å²) in [5.74, 6) is 6.36. The highest BCUT2D eigenvalue weighted by Gasteiger charge is 2.55. The maximum absolute atomic E-state index is 6.68. The number of para-hydroxylation sites is 1. The van der Waals surface area contributed by atoms with Crippen LogP contribution in [0.5, 0.6) is 11.5 Å². The quantitative estimate of drug-likeness (QED) is 0.187. The van der Waals surface area contributed by atoms with Crippen LogP contribution >= 0.6 is 0 Å². The number of hydrogen-bond acceptors (Lipinski definition) is 5. The fraction of sp³-hybridized carbons (Fsp3) is 0.349. The van der Waals surface area contributed by atoms with Gasteiger partial charge < -0.3 is 14.5 Å². The summed E-state index contributed by atoms with van der Waals surface area (Å²) in [5, 5.41) is 2.39. The maximum Gasteiger partial charge on any atom is 0.154 e. The second-order valence-electron chi connectivity index (χ2n) is 16.3. The Morgan fingerprint density at radius 3 is 2.24 bits per heavy atom. The normalized spacial score (nSPS) is 24.3. The molecule has 5 aliphatic rings. The molecular weight excluding hydrogens is 603 g/mol. The van der Waals surface area contributed by atoms with Gasteiger partial charge in [-0.1, -0.05) is 45.0 Å². The summed E-state index contributed by atoms with van der Waals surface area (Å²) >= 11 is 0. The summed E-state index contributed by atoms with van der Waals surface area (Å²) in [7, 11) is 0. The lowest BCUT2D eigenvalue weighted by Gasteiger charge is -2.60. The van der Waals surface area contributed by atoms with Gasteiger partial charge in [0.25, 0.3) is 0 Å². The van der Waals surface area contributed by atoms with Gasteiger partial charge in [0, 0.05) is 46.5 Å². The zero-order valence-electron chi connectivity index (χ0n) is 28.6. The molecule has 3 aromatic carbocycles. The van der Waals surface area contributed by atoms with Crippen molar-refractivity contribution in [2.75, 3.05) is 16.5 Å². The lowest BCUT2D eigenvalue weighted by molar-refractivity contribution is -0.00366. The van der Waals surface area contributed by atoms with E-state index < -0.39 is 0 Å². The highest BCUT2D eigenvalue weighted by Crippen LogP contribution is 2.60. The minimum atomic E-state index is 0.0218. The molecule has 11 rings (SSSR count). The van der Waals surface area contributed by atoms with Gasteiger partial charge >= 0.3 is 0 Å². The second-order valence-corrected chi connectivity index (χ2v) is 16.3. The molecule has 6 nitrogen and oxygen atoms in total. The van der Waals surface area contributed by atoms with Gasteiger partial charge in [0.2, 0.25) is 0 Å². The van der Waals surface area contributed by atoms with Crippen molar-refractivity contribution in [3.05, 3.63) is 109 Å². The van der Waals surface area contributed by atoms with E-state index in [1.165, 1.54) is 60.5 Å². The Labute approximate surface area is 288 Å². The average Bonchev–Trinajstić information content (AvgIpc) is 3.64. The van der Waals surface area contributed by atoms with E-state index >= 15 is 0 Å². The molecule has 6 aromatic rings. The summed E-state index contributed by atoms with van der Waals surface area (Å²) in [5.41, 5.74) is 6.08. The Bertz CT molecular complexity index is 2210. The molecule has 4 saturated carbocycles. The molecule has 1 aliphatic heterocycles. The Balaban J connectivity index is 0.997. The van der Waals surface area contributed by atoms with Gasteiger partial charge in [0.05, 0.1) is 23.4 Å². The van der Waals surface area contributed by atoms with E-state index in [1.54, 1.807) is 0 Å². The highest BCUT2D eigenvalue weighted by atomic mass is 16.5. The number of anilines is 3. The first-order chi connectivity index (χ1) is 23.8. The number of nitrogens with zero attached hydrogens (tertiary/aromatic N) is 5. The smallest absolute Gasteiger partial charge is 0.154 e. The van der Waals surface area contributed by atoms with E-state index in [4.69, 9.17) is 14.7 Å². The first kappa shape index (κ1) is 29.1. The zero-order chi connectivity index (χ0) is 32.9. The lowest BCUT2D eigenvalue weighted by atomic mass is 9.52. The number of aromatic nitrogens is 3.